The number of nitrogens with one attached hydrogen (secondary N) is 2. The first-order chi connectivity index (χ1) is 10.8. The second-order valence-electron chi connectivity index (χ2n) is 5.69. The summed E-state index contributed by atoms with van der Waals surface area (Å²) in [5.41, 5.74) is 0.993. The zero-order valence-corrected chi connectivity index (χ0v) is 14.1. The zero-order valence-electron chi connectivity index (χ0n) is 13.2. The first kappa shape index (κ1) is 17.1. The molecule has 1 aromatic carbocycles. The van der Waals surface area contributed by atoms with E-state index in [1.165, 1.54) is 0 Å². The van der Waals surface area contributed by atoms with E-state index in [4.69, 9.17) is 5.26 Å². The monoisotopic (exact) mass is 333 g/mol. The van der Waals surface area contributed by atoms with Crippen LogP contribution in [0.25, 0.3) is 0 Å². The summed E-state index contributed by atoms with van der Waals surface area (Å²) in [4.78, 5) is 4.21. The Balaban J connectivity index is 2.19. The zero-order chi connectivity index (χ0) is 17.0. The average molecular weight is 333 g/mol. The fourth-order valence-corrected chi connectivity index (χ4v) is 3.64. The number of rotatable bonds is 6. The fourth-order valence-electron chi connectivity index (χ4n) is 2.17. The molecule has 2 rings (SSSR count). The summed E-state index contributed by atoms with van der Waals surface area (Å²) in [6, 6.07) is 8.05. The molecule has 0 amide bonds. The molecule has 23 heavy (non-hydrogen) atoms. The number of benzene rings is 1. The summed E-state index contributed by atoms with van der Waals surface area (Å²) in [5.74, 6) is 0.846. The van der Waals surface area contributed by atoms with E-state index in [0.717, 1.165) is 0 Å². The average Bonchev–Trinajstić information content (AvgIpc) is 2.90. The minimum Gasteiger partial charge on any atom is -0.263 e. The smallest absolute Gasteiger partial charge is 0.216 e. The Morgan fingerprint density at radius 1 is 1.39 bits per heavy atom. The van der Waals surface area contributed by atoms with Crippen LogP contribution in [0, 0.1) is 24.2 Å². The van der Waals surface area contributed by atoms with Crippen molar-refractivity contribution in [2.75, 3.05) is 0 Å². The Kier molecular flexibility index (Phi) is 5.13. The normalized spacial score (nSPS) is 13.0. The van der Waals surface area contributed by atoms with Crippen molar-refractivity contribution in [1.29, 1.82) is 5.26 Å². The third-order valence-electron chi connectivity index (χ3n) is 3.28. The summed E-state index contributed by atoms with van der Waals surface area (Å²) in [7, 11) is -3.60. The van der Waals surface area contributed by atoms with Crippen LogP contribution in [0.4, 0.5) is 0 Å². The van der Waals surface area contributed by atoms with Crippen molar-refractivity contribution < 1.29 is 8.42 Å². The molecule has 0 saturated heterocycles. The van der Waals surface area contributed by atoms with Crippen LogP contribution in [-0.2, 0) is 15.8 Å². The van der Waals surface area contributed by atoms with E-state index in [1.54, 1.807) is 31.2 Å². The number of H-pyrrole nitrogens is 1. The van der Waals surface area contributed by atoms with Gasteiger partial charge < -0.3 is 0 Å². The Bertz CT molecular complexity index is 820. The lowest BCUT2D eigenvalue weighted by Crippen LogP contribution is -2.33. The van der Waals surface area contributed by atoms with Gasteiger partial charge in [-0.05, 0) is 30.5 Å². The van der Waals surface area contributed by atoms with E-state index in [1.807, 2.05) is 19.9 Å². The van der Waals surface area contributed by atoms with Crippen molar-refractivity contribution in [3.05, 3.63) is 47.0 Å². The highest BCUT2D eigenvalue weighted by molar-refractivity contribution is 7.88. The van der Waals surface area contributed by atoms with Gasteiger partial charge in [-0.15, -0.1) is 0 Å². The topological polar surface area (TPSA) is 112 Å². The van der Waals surface area contributed by atoms with Gasteiger partial charge in [-0.1, -0.05) is 26.0 Å². The fraction of sp³-hybridized carbons (Fsp3) is 0.400. The number of hydrogen-bond acceptors (Lipinski definition) is 5. The molecule has 0 bridgehead atoms. The SMILES string of the molecule is Cc1nc([C@H](NS(=O)(=O)Cc2cccc(C#N)c2)C(C)C)n[nH]1. The summed E-state index contributed by atoms with van der Waals surface area (Å²) in [6.45, 7) is 5.56. The highest BCUT2D eigenvalue weighted by atomic mass is 32.2. The molecule has 1 atom stereocenters. The van der Waals surface area contributed by atoms with Crippen LogP contribution in [0.2, 0.25) is 0 Å². The lowest BCUT2D eigenvalue weighted by atomic mass is 10.1. The second kappa shape index (κ2) is 6.89. The first-order valence-electron chi connectivity index (χ1n) is 7.18. The van der Waals surface area contributed by atoms with E-state index in [9.17, 15) is 8.42 Å². The van der Waals surface area contributed by atoms with Crippen LogP contribution in [-0.4, -0.2) is 23.6 Å². The lowest BCUT2D eigenvalue weighted by Gasteiger charge is -2.19. The predicted octanol–water partition coefficient (Wildman–Crippen LogP) is 1.80. The number of hydrogen-bond donors (Lipinski definition) is 2. The Hall–Kier alpha value is -2.24. The maximum absolute atomic E-state index is 12.4. The summed E-state index contributed by atoms with van der Waals surface area (Å²) < 4.78 is 27.5. The summed E-state index contributed by atoms with van der Waals surface area (Å²) in [6.07, 6.45) is 0. The van der Waals surface area contributed by atoms with Crippen molar-refractivity contribution in [3.8, 4) is 6.07 Å². The molecule has 2 aromatic rings. The van der Waals surface area contributed by atoms with E-state index in [0.29, 0.717) is 22.8 Å². The van der Waals surface area contributed by atoms with Gasteiger partial charge in [0.05, 0.1) is 23.4 Å². The molecule has 8 heteroatoms. The van der Waals surface area contributed by atoms with Crippen LogP contribution in [0.1, 0.15) is 42.7 Å². The van der Waals surface area contributed by atoms with Gasteiger partial charge in [0.2, 0.25) is 10.0 Å². The number of aromatic amines is 1. The van der Waals surface area contributed by atoms with Gasteiger partial charge in [-0.2, -0.15) is 10.4 Å². The maximum atomic E-state index is 12.4. The van der Waals surface area contributed by atoms with Crippen molar-refractivity contribution in [3.63, 3.8) is 0 Å². The van der Waals surface area contributed by atoms with E-state index >= 15 is 0 Å². The maximum Gasteiger partial charge on any atom is 0.216 e. The molecule has 0 spiro atoms. The Morgan fingerprint density at radius 3 is 2.70 bits per heavy atom. The van der Waals surface area contributed by atoms with Crippen molar-refractivity contribution in [1.82, 2.24) is 19.9 Å². The largest absolute Gasteiger partial charge is 0.263 e. The number of nitriles is 1. The highest BCUT2D eigenvalue weighted by Crippen LogP contribution is 2.20. The molecule has 0 saturated carbocycles. The molecule has 2 N–H and O–H groups in total. The van der Waals surface area contributed by atoms with Crippen LogP contribution < -0.4 is 4.72 Å². The van der Waals surface area contributed by atoms with Crippen LogP contribution >= 0.6 is 0 Å². The van der Waals surface area contributed by atoms with Gasteiger partial charge in [-0.25, -0.2) is 18.1 Å². The van der Waals surface area contributed by atoms with Gasteiger partial charge in [0.15, 0.2) is 5.82 Å². The molecule has 0 fully saturated rings. The lowest BCUT2D eigenvalue weighted by molar-refractivity contribution is 0.445. The molecule has 1 heterocycles. The molecule has 0 aliphatic carbocycles. The van der Waals surface area contributed by atoms with Crippen molar-refractivity contribution in [2.24, 2.45) is 5.92 Å². The minimum absolute atomic E-state index is 0.00887. The van der Waals surface area contributed by atoms with Crippen molar-refractivity contribution >= 4 is 10.0 Å². The Labute approximate surface area is 135 Å². The van der Waals surface area contributed by atoms with Gasteiger partial charge in [0.1, 0.15) is 5.82 Å². The van der Waals surface area contributed by atoms with Gasteiger partial charge >= 0.3 is 0 Å². The van der Waals surface area contributed by atoms with Gasteiger partial charge in [-0.3, -0.25) is 5.10 Å². The third kappa shape index (κ3) is 4.61. The van der Waals surface area contributed by atoms with Crippen LogP contribution in [0.5, 0.6) is 0 Å². The molecular formula is C15H19N5O2S. The summed E-state index contributed by atoms with van der Waals surface area (Å²) >= 11 is 0. The summed E-state index contributed by atoms with van der Waals surface area (Å²) in [5, 5.41) is 15.7. The van der Waals surface area contributed by atoms with Crippen LogP contribution in [0.15, 0.2) is 24.3 Å². The molecule has 1 aromatic heterocycles. The number of sulfonamides is 1. The second-order valence-corrected chi connectivity index (χ2v) is 7.44. The van der Waals surface area contributed by atoms with Gasteiger partial charge in [0, 0.05) is 0 Å². The van der Waals surface area contributed by atoms with Crippen LogP contribution in [0.3, 0.4) is 0 Å². The predicted molar refractivity (Wildman–Crippen MR) is 85.6 cm³/mol. The third-order valence-corrected chi connectivity index (χ3v) is 4.61. The molecule has 122 valence electrons. The molecule has 0 unspecified atom stereocenters. The molecular weight excluding hydrogens is 314 g/mol. The van der Waals surface area contributed by atoms with E-state index in [-0.39, 0.29) is 11.7 Å². The molecule has 0 aliphatic heterocycles. The van der Waals surface area contributed by atoms with E-state index < -0.39 is 16.1 Å². The first-order valence-corrected chi connectivity index (χ1v) is 8.84. The quantitative estimate of drug-likeness (QED) is 0.837. The molecule has 0 aliphatic rings. The van der Waals surface area contributed by atoms with E-state index in [2.05, 4.69) is 19.9 Å². The Morgan fingerprint density at radius 2 is 2.13 bits per heavy atom. The number of nitrogens with zero attached hydrogens (tertiary/aromatic N) is 3. The number of aromatic nitrogens is 3. The van der Waals surface area contributed by atoms with Gasteiger partial charge in [0.25, 0.3) is 0 Å². The highest BCUT2D eigenvalue weighted by Gasteiger charge is 2.26. The minimum atomic E-state index is -3.60. The number of aryl methyl sites for hydroxylation is 1. The molecule has 0 radical (unpaired) electrons. The standard InChI is InChI=1S/C15H19N5O2S/c1-10(2)14(15-17-11(3)18-19-15)20-23(21,22)9-13-6-4-5-12(7-13)8-16/h4-7,10,14,20H,9H2,1-3H3,(H,17,18,19)/t14-/m1/s1. The van der Waals surface area contributed by atoms with Crippen molar-refractivity contribution in [2.45, 2.75) is 32.6 Å². The molecule has 7 nitrogen and oxygen atoms in total.